The molecule has 5 rings (SSSR count). The van der Waals surface area contributed by atoms with Crippen LogP contribution in [0.1, 0.15) is 25.7 Å². The molecule has 0 bridgehead atoms. The molecule has 5 heteroatoms. The highest BCUT2D eigenvalue weighted by Gasteiger charge is 2.13. The molecule has 2 fully saturated rings. The molecule has 0 unspecified atom stereocenters. The number of ether oxygens (including phenoxy) is 2. The number of hydrogen-bond acceptors (Lipinski definition) is 5. The zero-order valence-electron chi connectivity index (χ0n) is 17.1. The molecule has 2 aliphatic heterocycles. The molecule has 0 N–H and O–H groups in total. The van der Waals surface area contributed by atoms with Crippen LogP contribution in [-0.4, -0.2) is 62.3 Å². The number of likely N-dealkylation sites (tertiary alicyclic amines) is 2. The predicted molar refractivity (Wildman–Crippen MR) is 116 cm³/mol. The lowest BCUT2D eigenvalue weighted by Crippen LogP contribution is -2.25. The molecule has 5 nitrogen and oxygen atoms in total. The largest absolute Gasteiger partial charge is 0.492 e. The molecule has 0 atom stereocenters. The summed E-state index contributed by atoms with van der Waals surface area (Å²) in [6.45, 7) is 8.27. The molecular formula is C24H30N2O3. The van der Waals surface area contributed by atoms with E-state index in [1.165, 1.54) is 51.9 Å². The summed E-state index contributed by atoms with van der Waals surface area (Å²) in [5.41, 5.74) is 1.76. The van der Waals surface area contributed by atoms with Crippen LogP contribution in [0.15, 0.2) is 40.8 Å². The monoisotopic (exact) mass is 394 g/mol. The van der Waals surface area contributed by atoms with Gasteiger partial charge in [0.1, 0.15) is 35.9 Å². The van der Waals surface area contributed by atoms with E-state index in [9.17, 15) is 0 Å². The second kappa shape index (κ2) is 8.64. The summed E-state index contributed by atoms with van der Waals surface area (Å²) >= 11 is 0. The summed E-state index contributed by atoms with van der Waals surface area (Å²) in [6.07, 6.45) is 5.26. The molecule has 1 aromatic heterocycles. The van der Waals surface area contributed by atoms with Crippen molar-refractivity contribution in [1.29, 1.82) is 0 Å². The van der Waals surface area contributed by atoms with E-state index in [0.29, 0.717) is 0 Å². The molecule has 2 aliphatic rings. The van der Waals surface area contributed by atoms with Crippen molar-refractivity contribution in [2.75, 3.05) is 52.5 Å². The van der Waals surface area contributed by atoms with E-state index in [-0.39, 0.29) is 0 Å². The molecule has 3 heterocycles. The molecule has 0 spiro atoms. The Bertz CT molecular complexity index is 955. The van der Waals surface area contributed by atoms with Crippen LogP contribution in [0.25, 0.3) is 21.9 Å². The first kappa shape index (κ1) is 18.8. The predicted octanol–water partition coefficient (Wildman–Crippen LogP) is 4.54. The van der Waals surface area contributed by atoms with Crippen LogP contribution < -0.4 is 9.47 Å². The van der Waals surface area contributed by atoms with Gasteiger partial charge in [-0.1, -0.05) is 0 Å². The Balaban J connectivity index is 1.24. The summed E-state index contributed by atoms with van der Waals surface area (Å²) in [4.78, 5) is 4.93. The Labute approximate surface area is 172 Å². The van der Waals surface area contributed by atoms with Crippen molar-refractivity contribution < 1.29 is 13.9 Å². The van der Waals surface area contributed by atoms with Crippen LogP contribution in [0.2, 0.25) is 0 Å². The van der Waals surface area contributed by atoms with Crippen LogP contribution >= 0.6 is 0 Å². The maximum Gasteiger partial charge on any atom is 0.139 e. The Morgan fingerprint density at radius 3 is 1.90 bits per heavy atom. The van der Waals surface area contributed by atoms with E-state index < -0.39 is 0 Å². The van der Waals surface area contributed by atoms with E-state index in [4.69, 9.17) is 13.9 Å². The van der Waals surface area contributed by atoms with Crippen molar-refractivity contribution in [2.24, 2.45) is 0 Å². The number of hydrogen-bond donors (Lipinski definition) is 0. The Morgan fingerprint density at radius 2 is 1.24 bits per heavy atom. The van der Waals surface area contributed by atoms with Gasteiger partial charge in [-0.2, -0.15) is 0 Å². The van der Waals surface area contributed by atoms with Crippen LogP contribution in [0, 0.1) is 0 Å². The maximum atomic E-state index is 6.06. The van der Waals surface area contributed by atoms with Crippen LogP contribution in [0.5, 0.6) is 11.5 Å². The third-order valence-electron chi connectivity index (χ3n) is 6.16. The Morgan fingerprint density at radius 1 is 0.655 bits per heavy atom. The summed E-state index contributed by atoms with van der Waals surface area (Å²) in [5.74, 6) is 1.78. The zero-order valence-corrected chi connectivity index (χ0v) is 17.1. The Hall–Kier alpha value is -2.24. The van der Waals surface area contributed by atoms with Crippen LogP contribution in [0.3, 0.4) is 0 Å². The molecular weight excluding hydrogens is 364 g/mol. The van der Waals surface area contributed by atoms with Gasteiger partial charge in [-0.05, 0) is 82.2 Å². The first-order valence-corrected chi connectivity index (χ1v) is 11.0. The third kappa shape index (κ3) is 4.36. The molecule has 0 saturated carbocycles. The highest BCUT2D eigenvalue weighted by atomic mass is 16.5. The first-order chi connectivity index (χ1) is 14.3. The number of benzene rings is 2. The lowest BCUT2D eigenvalue weighted by atomic mass is 10.1. The van der Waals surface area contributed by atoms with Gasteiger partial charge in [0.05, 0.1) is 0 Å². The van der Waals surface area contributed by atoms with Crippen molar-refractivity contribution >= 4 is 21.9 Å². The smallest absolute Gasteiger partial charge is 0.139 e. The number of furan rings is 1. The van der Waals surface area contributed by atoms with E-state index in [0.717, 1.165) is 59.7 Å². The average molecular weight is 395 g/mol. The molecule has 154 valence electrons. The molecule has 2 saturated heterocycles. The quantitative estimate of drug-likeness (QED) is 0.561. The molecule has 0 radical (unpaired) electrons. The van der Waals surface area contributed by atoms with Gasteiger partial charge < -0.3 is 13.9 Å². The van der Waals surface area contributed by atoms with Crippen molar-refractivity contribution in [3.63, 3.8) is 0 Å². The van der Waals surface area contributed by atoms with Crippen molar-refractivity contribution in [3.05, 3.63) is 36.4 Å². The van der Waals surface area contributed by atoms with Crippen molar-refractivity contribution in [3.8, 4) is 11.5 Å². The van der Waals surface area contributed by atoms with E-state index >= 15 is 0 Å². The zero-order chi connectivity index (χ0) is 19.5. The standard InChI is InChI=1S/C24H30N2O3/c1-2-10-25(9-1)13-15-27-19-6-8-23-22(17-19)21-7-5-20(18-24(21)29-23)28-16-14-26-11-3-4-12-26/h5-8,17-18H,1-4,9-16H2. The average Bonchev–Trinajstić information content (AvgIpc) is 3.49. The highest BCUT2D eigenvalue weighted by molar-refractivity contribution is 6.05. The van der Waals surface area contributed by atoms with Gasteiger partial charge in [0.15, 0.2) is 0 Å². The van der Waals surface area contributed by atoms with Crippen molar-refractivity contribution in [2.45, 2.75) is 25.7 Å². The second-order valence-corrected chi connectivity index (χ2v) is 8.21. The molecule has 3 aromatic rings. The van der Waals surface area contributed by atoms with Gasteiger partial charge in [0.25, 0.3) is 0 Å². The minimum Gasteiger partial charge on any atom is -0.492 e. The topological polar surface area (TPSA) is 38.1 Å². The first-order valence-electron chi connectivity index (χ1n) is 11.0. The fraction of sp³-hybridized carbons (Fsp3) is 0.500. The fourth-order valence-corrected chi connectivity index (χ4v) is 4.51. The lowest BCUT2D eigenvalue weighted by Gasteiger charge is -2.14. The molecule has 29 heavy (non-hydrogen) atoms. The lowest BCUT2D eigenvalue weighted by molar-refractivity contribution is 0.238. The molecule has 2 aromatic carbocycles. The summed E-state index contributed by atoms with van der Waals surface area (Å²) in [5, 5.41) is 2.21. The second-order valence-electron chi connectivity index (χ2n) is 8.21. The minimum absolute atomic E-state index is 0.723. The minimum atomic E-state index is 0.723. The number of fused-ring (bicyclic) bond motifs is 3. The van der Waals surface area contributed by atoms with Gasteiger partial charge >= 0.3 is 0 Å². The van der Waals surface area contributed by atoms with E-state index in [1.54, 1.807) is 0 Å². The third-order valence-corrected chi connectivity index (χ3v) is 6.16. The van der Waals surface area contributed by atoms with Crippen molar-refractivity contribution in [1.82, 2.24) is 9.80 Å². The molecule has 0 aliphatic carbocycles. The normalized spacial score (nSPS) is 18.2. The summed E-state index contributed by atoms with van der Waals surface area (Å²) in [7, 11) is 0. The van der Waals surface area contributed by atoms with Crippen LogP contribution in [0.4, 0.5) is 0 Å². The number of rotatable bonds is 8. The van der Waals surface area contributed by atoms with Gasteiger partial charge in [-0.15, -0.1) is 0 Å². The maximum absolute atomic E-state index is 6.06. The summed E-state index contributed by atoms with van der Waals surface area (Å²) < 4.78 is 18.0. The van der Waals surface area contributed by atoms with Gasteiger partial charge in [-0.25, -0.2) is 0 Å². The SMILES string of the molecule is c1cc2c(cc1OCCN1CCCC1)oc1ccc(OCCN3CCCC3)cc12. The molecule has 0 amide bonds. The van der Waals surface area contributed by atoms with Crippen LogP contribution in [-0.2, 0) is 0 Å². The van der Waals surface area contributed by atoms with Gasteiger partial charge in [0.2, 0.25) is 0 Å². The van der Waals surface area contributed by atoms with Gasteiger partial charge in [0, 0.05) is 29.9 Å². The van der Waals surface area contributed by atoms with E-state index in [1.807, 2.05) is 24.3 Å². The van der Waals surface area contributed by atoms with E-state index in [2.05, 4.69) is 21.9 Å². The Kier molecular flexibility index (Phi) is 5.59. The number of nitrogens with zero attached hydrogens (tertiary/aromatic N) is 2. The highest BCUT2D eigenvalue weighted by Crippen LogP contribution is 2.33. The van der Waals surface area contributed by atoms with Gasteiger partial charge in [-0.3, -0.25) is 9.80 Å². The summed E-state index contributed by atoms with van der Waals surface area (Å²) in [6, 6.07) is 12.3. The fourth-order valence-electron chi connectivity index (χ4n) is 4.51.